The summed E-state index contributed by atoms with van der Waals surface area (Å²) in [6.45, 7) is 6.80. The Labute approximate surface area is 128 Å². The average Bonchev–Trinajstić information content (AvgIpc) is 2.42. The first-order chi connectivity index (χ1) is 9.52. The molecule has 0 amide bonds. The zero-order valence-corrected chi connectivity index (χ0v) is 13.6. The van der Waals surface area contributed by atoms with Crippen molar-refractivity contribution in [3.8, 4) is 0 Å². The second-order valence-corrected chi connectivity index (χ2v) is 5.88. The normalized spacial score (nSPS) is 12.4. The van der Waals surface area contributed by atoms with Gasteiger partial charge in [-0.05, 0) is 49.2 Å². The van der Waals surface area contributed by atoms with E-state index in [0.717, 1.165) is 16.6 Å². The summed E-state index contributed by atoms with van der Waals surface area (Å²) in [5.74, 6) is -0.160. The number of hydrogen-bond acceptors (Lipinski definition) is 1. The molecule has 0 saturated heterocycles. The van der Waals surface area contributed by atoms with Crippen LogP contribution in [0.15, 0.2) is 40.9 Å². The molecule has 106 valence electrons. The van der Waals surface area contributed by atoms with E-state index in [4.69, 9.17) is 0 Å². The van der Waals surface area contributed by atoms with Crippen LogP contribution in [-0.4, -0.2) is 6.54 Å². The largest absolute Gasteiger partial charge is 0.306 e. The molecule has 2 rings (SSSR count). The molecule has 0 aliphatic heterocycles. The number of rotatable bonds is 4. The van der Waals surface area contributed by atoms with Crippen LogP contribution in [-0.2, 0) is 0 Å². The molecule has 2 aromatic carbocycles. The Kier molecular flexibility index (Phi) is 4.95. The fourth-order valence-electron chi connectivity index (χ4n) is 2.34. The van der Waals surface area contributed by atoms with E-state index >= 15 is 0 Å². The molecule has 20 heavy (non-hydrogen) atoms. The first kappa shape index (κ1) is 15.2. The van der Waals surface area contributed by atoms with Gasteiger partial charge in [0, 0.05) is 4.47 Å². The number of hydrogen-bond donors (Lipinski definition) is 1. The minimum Gasteiger partial charge on any atom is -0.306 e. The van der Waals surface area contributed by atoms with E-state index in [1.165, 1.54) is 11.1 Å². The maximum absolute atomic E-state index is 13.5. The van der Waals surface area contributed by atoms with Crippen molar-refractivity contribution in [2.24, 2.45) is 0 Å². The molecule has 1 nitrogen and oxygen atoms in total. The minimum atomic E-state index is -0.160. The summed E-state index contributed by atoms with van der Waals surface area (Å²) in [5.41, 5.74) is 4.15. The van der Waals surface area contributed by atoms with Crippen molar-refractivity contribution in [1.82, 2.24) is 5.32 Å². The van der Waals surface area contributed by atoms with Gasteiger partial charge in [-0.15, -0.1) is 0 Å². The van der Waals surface area contributed by atoms with Crippen molar-refractivity contribution in [1.29, 1.82) is 0 Å². The van der Waals surface area contributed by atoms with Gasteiger partial charge in [-0.1, -0.05) is 52.7 Å². The van der Waals surface area contributed by atoms with Crippen LogP contribution in [0, 0.1) is 19.7 Å². The third-order valence-corrected chi connectivity index (χ3v) is 4.11. The fourth-order valence-corrected chi connectivity index (χ4v) is 2.82. The van der Waals surface area contributed by atoms with Crippen molar-refractivity contribution in [2.75, 3.05) is 6.54 Å². The molecule has 0 saturated carbocycles. The number of benzene rings is 2. The fraction of sp³-hybridized carbons (Fsp3) is 0.294. The number of halogens is 2. The average molecular weight is 336 g/mol. The van der Waals surface area contributed by atoms with Gasteiger partial charge < -0.3 is 5.32 Å². The second kappa shape index (κ2) is 6.51. The standard InChI is InChI=1S/C17H19BrFN/c1-4-20-17(13-6-8-16(19)12(3)10-13)14-9-11(2)5-7-15(14)18/h5-10,17,20H,4H2,1-3H3. The smallest absolute Gasteiger partial charge is 0.126 e. The molecule has 0 aliphatic carbocycles. The van der Waals surface area contributed by atoms with Crippen molar-refractivity contribution in [3.63, 3.8) is 0 Å². The lowest BCUT2D eigenvalue weighted by Gasteiger charge is -2.21. The van der Waals surface area contributed by atoms with Gasteiger partial charge in [0.15, 0.2) is 0 Å². The molecule has 2 aromatic rings. The second-order valence-electron chi connectivity index (χ2n) is 5.02. The Morgan fingerprint density at radius 2 is 1.90 bits per heavy atom. The van der Waals surface area contributed by atoms with E-state index < -0.39 is 0 Å². The third-order valence-electron chi connectivity index (χ3n) is 3.39. The number of aryl methyl sites for hydroxylation is 2. The van der Waals surface area contributed by atoms with Crippen LogP contribution in [0.4, 0.5) is 4.39 Å². The van der Waals surface area contributed by atoms with Crippen LogP contribution in [0.1, 0.15) is 35.2 Å². The summed E-state index contributed by atoms with van der Waals surface area (Å²) in [6.07, 6.45) is 0. The summed E-state index contributed by atoms with van der Waals surface area (Å²) < 4.78 is 14.5. The topological polar surface area (TPSA) is 12.0 Å². The zero-order chi connectivity index (χ0) is 14.7. The number of nitrogens with one attached hydrogen (secondary N) is 1. The van der Waals surface area contributed by atoms with Crippen LogP contribution in [0.25, 0.3) is 0 Å². The lowest BCUT2D eigenvalue weighted by Crippen LogP contribution is -2.22. The summed E-state index contributed by atoms with van der Waals surface area (Å²) in [4.78, 5) is 0. The molecule has 0 fully saturated rings. The van der Waals surface area contributed by atoms with E-state index in [-0.39, 0.29) is 11.9 Å². The molecule has 0 heterocycles. The third kappa shape index (κ3) is 3.28. The van der Waals surface area contributed by atoms with E-state index in [2.05, 4.69) is 53.3 Å². The van der Waals surface area contributed by atoms with Gasteiger partial charge in [0.05, 0.1) is 6.04 Å². The van der Waals surface area contributed by atoms with Crippen LogP contribution in [0.3, 0.4) is 0 Å². The summed E-state index contributed by atoms with van der Waals surface area (Å²) >= 11 is 3.62. The van der Waals surface area contributed by atoms with Gasteiger partial charge in [0.2, 0.25) is 0 Å². The van der Waals surface area contributed by atoms with Gasteiger partial charge in [0.25, 0.3) is 0 Å². The predicted molar refractivity (Wildman–Crippen MR) is 85.5 cm³/mol. The Morgan fingerprint density at radius 3 is 2.55 bits per heavy atom. The minimum absolute atomic E-state index is 0.0635. The molecule has 0 radical (unpaired) electrons. The van der Waals surface area contributed by atoms with Gasteiger partial charge in [0.1, 0.15) is 5.82 Å². The SMILES string of the molecule is CCNC(c1ccc(F)c(C)c1)c1cc(C)ccc1Br. The highest BCUT2D eigenvalue weighted by Crippen LogP contribution is 2.30. The van der Waals surface area contributed by atoms with E-state index in [1.807, 2.05) is 12.1 Å². The van der Waals surface area contributed by atoms with E-state index in [1.54, 1.807) is 13.0 Å². The Balaban J connectivity index is 2.49. The van der Waals surface area contributed by atoms with Gasteiger partial charge in [-0.25, -0.2) is 4.39 Å². The quantitative estimate of drug-likeness (QED) is 0.837. The molecular formula is C17H19BrFN. The highest BCUT2D eigenvalue weighted by Gasteiger charge is 2.16. The van der Waals surface area contributed by atoms with Crippen LogP contribution in [0.2, 0.25) is 0 Å². The lowest BCUT2D eigenvalue weighted by molar-refractivity contribution is 0.605. The molecule has 0 bridgehead atoms. The van der Waals surface area contributed by atoms with Crippen LogP contribution in [0.5, 0.6) is 0 Å². The van der Waals surface area contributed by atoms with Crippen molar-refractivity contribution in [2.45, 2.75) is 26.8 Å². The van der Waals surface area contributed by atoms with Gasteiger partial charge >= 0.3 is 0 Å². The molecule has 1 atom stereocenters. The Hall–Kier alpha value is -1.19. The predicted octanol–water partition coefficient (Wildman–Crippen LogP) is 4.90. The monoisotopic (exact) mass is 335 g/mol. The molecule has 0 aliphatic rings. The van der Waals surface area contributed by atoms with Crippen molar-refractivity contribution in [3.05, 3.63) is 68.9 Å². The van der Waals surface area contributed by atoms with Gasteiger partial charge in [-0.3, -0.25) is 0 Å². The first-order valence-corrected chi connectivity index (χ1v) is 7.57. The molecular weight excluding hydrogens is 317 g/mol. The van der Waals surface area contributed by atoms with Crippen molar-refractivity contribution < 1.29 is 4.39 Å². The molecule has 0 aromatic heterocycles. The van der Waals surface area contributed by atoms with Crippen LogP contribution < -0.4 is 5.32 Å². The van der Waals surface area contributed by atoms with Gasteiger partial charge in [-0.2, -0.15) is 0 Å². The molecule has 1 N–H and O–H groups in total. The Morgan fingerprint density at radius 1 is 1.15 bits per heavy atom. The maximum Gasteiger partial charge on any atom is 0.126 e. The van der Waals surface area contributed by atoms with E-state index in [0.29, 0.717) is 5.56 Å². The summed E-state index contributed by atoms with van der Waals surface area (Å²) in [7, 11) is 0. The summed E-state index contributed by atoms with van der Waals surface area (Å²) in [6, 6.07) is 11.7. The zero-order valence-electron chi connectivity index (χ0n) is 12.0. The van der Waals surface area contributed by atoms with E-state index in [9.17, 15) is 4.39 Å². The molecule has 1 unspecified atom stereocenters. The molecule has 3 heteroatoms. The van der Waals surface area contributed by atoms with Crippen molar-refractivity contribution >= 4 is 15.9 Å². The highest BCUT2D eigenvalue weighted by molar-refractivity contribution is 9.10. The summed E-state index contributed by atoms with van der Waals surface area (Å²) in [5, 5.41) is 3.48. The highest BCUT2D eigenvalue weighted by atomic mass is 79.9. The molecule has 0 spiro atoms. The Bertz CT molecular complexity index is 610. The van der Waals surface area contributed by atoms with Crippen LogP contribution >= 0.6 is 15.9 Å². The lowest BCUT2D eigenvalue weighted by atomic mass is 9.96. The maximum atomic E-state index is 13.5. The first-order valence-electron chi connectivity index (χ1n) is 6.78.